The molecule has 5 heteroatoms. The van der Waals surface area contributed by atoms with Crippen molar-refractivity contribution in [3.63, 3.8) is 0 Å². The van der Waals surface area contributed by atoms with Crippen LogP contribution in [-0.4, -0.2) is 12.5 Å². The second-order valence-corrected chi connectivity index (χ2v) is 4.10. The number of nitrogens with zero attached hydrogens (tertiary/aromatic N) is 1. The highest BCUT2D eigenvalue weighted by Gasteiger charge is 1.98. The van der Waals surface area contributed by atoms with Gasteiger partial charge in [0.2, 0.25) is 0 Å². The first-order chi connectivity index (χ1) is 7.99. The van der Waals surface area contributed by atoms with E-state index in [1.165, 1.54) is 6.07 Å². The summed E-state index contributed by atoms with van der Waals surface area (Å²) < 4.78 is 13.0. The van der Waals surface area contributed by atoms with Crippen molar-refractivity contribution in [3.05, 3.63) is 47.3 Å². The Morgan fingerprint density at radius 3 is 2.72 bits per heavy atom. The molecule has 0 atom stereocenters. The monoisotopic (exact) mass is 363 g/mol. The van der Waals surface area contributed by atoms with E-state index < -0.39 is 0 Å². The first-order valence-corrected chi connectivity index (χ1v) is 5.42. The third kappa shape index (κ3) is 6.00. The van der Waals surface area contributed by atoms with Gasteiger partial charge in [-0.3, -0.25) is 0 Å². The van der Waals surface area contributed by atoms with Crippen LogP contribution in [0.1, 0.15) is 18.1 Å². The van der Waals surface area contributed by atoms with Gasteiger partial charge in [-0.1, -0.05) is 24.3 Å². The van der Waals surface area contributed by atoms with E-state index in [0.29, 0.717) is 24.6 Å². The van der Waals surface area contributed by atoms with Crippen LogP contribution in [0, 0.1) is 12.7 Å². The third-order valence-electron chi connectivity index (χ3n) is 2.23. The van der Waals surface area contributed by atoms with E-state index in [2.05, 4.69) is 16.9 Å². The van der Waals surface area contributed by atoms with E-state index in [0.717, 1.165) is 11.1 Å². The lowest BCUT2D eigenvalue weighted by Gasteiger charge is -2.05. The lowest BCUT2D eigenvalue weighted by atomic mass is 10.1. The summed E-state index contributed by atoms with van der Waals surface area (Å²) in [6, 6.07) is 4.92. The molecule has 0 aliphatic heterocycles. The molecule has 0 spiro atoms. The Hall–Kier alpha value is -1.11. The van der Waals surface area contributed by atoms with Gasteiger partial charge in [0.15, 0.2) is 5.96 Å². The fraction of sp³-hybridized carbons (Fsp3) is 0.308. The molecular weight excluding hydrogens is 344 g/mol. The maximum Gasteiger partial charge on any atom is 0.189 e. The molecule has 0 aliphatic carbocycles. The van der Waals surface area contributed by atoms with Crippen molar-refractivity contribution in [2.45, 2.75) is 20.4 Å². The summed E-state index contributed by atoms with van der Waals surface area (Å²) in [6.07, 6.45) is 0. The minimum absolute atomic E-state index is 0. The summed E-state index contributed by atoms with van der Waals surface area (Å²) >= 11 is 0. The fourth-order valence-corrected chi connectivity index (χ4v) is 1.28. The van der Waals surface area contributed by atoms with E-state index in [1.54, 1.807) is 19.1 Å². The summed E-state index contributed by atoms with van der Waals surface area (Å²) in [5, 5.41) is 2.93. The Kier molecular flexibility index (Phi) is 7.58. The maximum atomic E-state index is 13.0. The van der Waals surface area contributed by atoms with Crippen molar-refractivity contribution in [1.29, 1.82) is 0 Å². The molecule has 1 aromatic carbocycles. The molecule has 1 rings (SSSR count). The van der Waals surface area contributed by atoms with Crippen LogP contribution >= 0.6 is 24.0 Å². The van der Waals surface area contributed by atoms with Crippen molar-refractivity contribution < 1.29 is 4.39 Å². The van der Waals surface area contributed by atoms with Gasteiger partial charge in [-0.15, -0.1) is 24.0 Å². The molecule has 0 radical (unpaired) electrons. The predicted octanol–water partition coefficient (Wildman–Crippen LogP) is 2.73. The summed E-state index contributed by atoms with van der Waals surface area (Å²) in [6.45, 7) is 8.44. The molecule has 0 heterocycles. The third-order valence-corrected chi connectivity index (χ3v) is 2.23. The number of hydrogen-bond acceptors (Lipinski definition) is 1. The standard InChI is InChI=1S/C13H18FN3.HI/c1-9(2)7-16-13(15)17-8-11-4-5-12(14)10(3)6-11;/h4-6H,1,7-8H2,2-3H3,(H3,15,16,17);1H. The highest BCUT2D eigenvalue weighted by Crippen LogP contribution is 2.09. The zero-order valence-electron chi connectivity index (χ0n) is 10.7. The van der Waals surface area contributed by atoms with Crippen molar-refractivity contribution >= 4 is 29.9 Å². The minimum atomic E-state index is -0.203. The number of benzene rings is 1. The molecule has 0 saturated heterocycles. The number of nitrogens with two attached hydrogens (primary N) is 1. The number of aryl methyl sites for hydroxylation is 1. The normalized spacial score (nSPS) is 10.7. The fourth-order valence-electron chi connectivity index (χ4n) is 1.28. The average molecular weight is 363 g/mol. The molecule has 1 aromatic rings. The Labute approximate surface area is 124 Å². The highest BCUT2D eigenvalue weighted by atomic mass is 127. The zero-order valence-corrected chi connectivity index (χ0v) is 13.0. The number of hydrogen-bond donors (Lipinski definition) is 2. The van der Waals surface area contributed by atoms with Crippen LogP contribution in [0.2, 0.25) is 0 Å². The van der Waals surface area contributed by atoms with Gasteiger partial charge < -0.3 is 11.1 Å². The van der Waals surface area contributed by atoms with Crippen molar-refractivity contribution in [2.24, 2.45) is 10.7 Å². The van der Waals surface area contributed by atoms with Crippen molar-refractivity contribution in [2.75, 3.05) is 6.54 Å². The molecule has 0 aliphatic rings. The summed E-state index contributed by atoms with van der Waals surface area (Å²) in [5.41, 5.74) is 8.20. The first-order valence-electron chi connectivity index (χ1n) is 5.42. The highest BCUT2D eigenvalue weighted by molar-refractivity contribution is 14.0. The Morgan fingerprint density at radius 2 is 2.17 bits per heavy atom. The van der Waals surface area contributed by atoms with Crippen LogP contribution < -0.4 is 11.1 Å². The lowest BCUT2D eigenvalue weighted by Crippen LogP contribution is -2.32. The van der Waals surface area contributed by atoms with Crippen LogP contribution in [0.15, 0.2) is 35.3 Å². The van der Waals surface area contributed by atoms with E-state index in [-0.39, 0.29) is 29.8 Å². The van der Waals surface area contributed by atoms with Gasteiger partial charge in [-0.25, -0.2) is 9.38 Å². The molecule has 0 unspecified atom stereocenters. The Morgan fingerprint density at radius 1 is 1.50 bits per heavy atom. The SMILES string of the molecule is C=C(C)CNC(N)=NCc1ccc(F)c(C)c1.I. The molecule has 3 N–H and O–H groups in total. The maximum absolute atomic E-state index is 13.0. The first kappa shape index (κ1) is 16.9. The summed E-state index contributed by atoms with van der Waals surface area (Å²) in [7, 11) is 0. The number of rotatable bonds is 4. The number of halogens is 2. The Balaban J connectivity index is 0.00000289. The topological polar surface area (TPSA) is 50.4 Å². The van der Waals surface area contributed by atoms with Gasteiger partial charge in [0, 0.05) is 6.54 Å². The van der Waals surface area contributed by atoms with E-state index in [9.17, 15) is 4.39 Å². The van der Waals surface area contributed by atoms with E-state index >= 15 is 0 Å². The quantitative estimate of drug-likeness (QED) is 0.374. The molecule has 100 valence electrons. The molecule has 0 bridgehead atoms. The number of aliphatic imine (C=N–C) groups is 1. The second kappa shape index (κ2) is 8.07. The van der Waals surface area contributed by atoms with Crippen molar-refractivity contribution in [1.82, 2.24) is 5.32 Å². The Bertz CT molecular complexity index is 444. The van der Waals surface area contributed by atoms with Gasteiger partial charge >= 0.3 is 0 Å². The van der Waals surface area contributed by atoms with Crippen LogP contribution in [0.3, 0.4) is 0 Å². The largest absolute Gasteiger partial charge is 0.370 e. The second-order valence-electron chi connectivity index (χ2n) is 4.10. The summed E-state index contributed by atoms with van der Waals surface area (Å²) in [5.74, 6) is 0.168. The van der Waals surface area contributed by atoms with Crippen LogP contribution in [0.25, 0.3) is 0 Å². The summed E-state index contributed by atoms with van der Waals surface area (Å²) in [4.78, 5) is 4.16. The lowest BCUT2D eigenvalue weighted by molar-refractivity contribution is 0.617. The van der Waals surface area contributed by atoms with E-state index in [1.807, 2.05) is 6.92 Å². The van der Waals surface area contributed by atoms with Crippen LogP contribution in [0.4, 0.5) is 4.39 Å². The van der Waals surface area contributed by atoms with Gasteiger partial charge in [-0.05, 0) is 31.0 Å². The van der Waals surface area contributed by atoms with E-state index in [4.69, 9.17) is 5.73 Å². The van der Waals surface area contributed by atoms with Crippen LogP contribution in [-0.2, 0) is 6.54 Å². The molecule has 0 saturated carbocycles. The minimum Gasteiger partial charge on any atom is -0.370 e. The molecule has 0 amide bonds. The van der Waals surface area contributed by atoms with Gasteiger partial charge in [0.25, 0.3) is 0 Å². The van der Waals surface area contributed by atoms with Gasteiger partial charge in [0.1, 0.15) is 5.82 Å². The van der Waals surface area contributed by atoms with Crippen LogP contribution in [0.5, 0.6) is 0 Å². The number of nitrogens with one attached hydrogen (secondary N) is 1. The molecule has 3 nitrogen and oxygen atoms in total. The smallest absolute Gasteiger partial charge is 0.189 e. The zero-order chi connectivity index (χ0) is 12.8. The molecule has 0 fully saturated rings. The number of guanidine groups is 1. The van der Waals surface area contributed by atoms with Gasteiger partial charge in [0.05, 0.1) is 6.54 Å². The average Bonchev–Trinajstić information content (AvgIpc) is 2.28. The molecular formula is C13H19FIN3. The van der Waals surface area contributed by atoms with Crippen molar-refractivity contribution in [3.8, 4) is 0 Å². The predicted molar refractivity (Wildman–Crippen MR) is 84.7 cm³/mol. The molecule has 18 heavy (non-hydrogen) atoms. The molecule has 0 aromatic heterocycles. The van der Waals surface area contributed by atoms with Gasteiger partial charge in [-0.2, -0.15) is 0 Å².